The van der Waals surface area contributed by atoms with Gasteiger partial charge in [0.1, 0.15) is 0 Å². The van der Waals surface area contributed by atoms with E-state index in [1.807, 2.05) is 0 Å². The minimum Gasteiger partial charge on any atom is -0.379 e. The molecule has 2 N–H and O–H groups in total. The molecule has 0 unspecified atom stereocenters. The van der Waals surface area contributed by atoms with Crippen molar-refractivity contribution in [2.75, 3.05) is 0 Å². The Morgan fingerprint density at radius 3 is 1.73 bits per heavy atom. The minimum absolute atomic E-state index is 0.0827. The highest BCUT2D eigenvalue weighted by Crippen LogP contribution is 2.41. The number of hydrogen-bond donors (Lipinski definition) is 2. The van der Waals surface area contributed by atoms with E-state index in [4.69, 9.17) is 14.6 Å². The Bertz CT molecular complexity index is 518. The maximum absolute atomic E-state index is 13.7. The van der Waals surface area contributed by atoms with E-state index in [-0.39, 0.29) is 18.4 Å². The van der Waals surface area contributed by atoms with E-state index in [1.54, 1.807) is 0 Å². The van der Waals surface area contributed by atoms with E-state index in [2.05, 4.69) is 0 Å². The first-order valence-electron chi connectivity index (χ1n) is 6.82. The van der Waals surface area contributed by atoms with Gasteiger partial charge in [-0.2, -0.15) is 0 Å². The van der Waals surface area contributed by atoms with Gasteiger partial charge in [0.15, 0.2) is 33.0 Å². The molecule has 1 aromatic carbocycles. The Hall–Kier alpha value is -1.03. The first-order valence-corrected chi connectivity index (χ1v) is 8.21. The number of aliphatic hydroxyl groups is 2. The minimum atomic E-state index is -2.15. The van der Waals surface area contributed by atoms with Crippen molar-refractivity contribution in [2.45, 2.75) is 43.6 Å². The summed E-state index contributed by atoms with van der Waals surface area (Å²) in [6, 6.07) is 0. The Morgan fingerprint density at radius 2 is 1.27 bits per heavy atom. The van der Waals surface area contributed by atoms with Gasteiger partial charge in [0.05, 0.1) is 0 Å². The quantitative estimate of drug-likeness (QED) is 0.290. The molecule has 1 fully saturated rings. The zero-order chi connectivity index (χ0) is 16.4. The third-order valence-electron chi connectivity index (χ3n) is 3.98. The molecular formula is C13H15F5O3Si. The summed E-state index contributed by atoms with van der Waals surface area (Å²) in [6.07, 6.45) is 1.51. The summed E-state index contributed by atoms with van der Waals surface area (Å²) in [6.45, 7) is -1.83. The van der Waals surface area contributed by atoms with Gasteiger partial charge in [0, 0.05) is 5.56 Å². The van der Waals surface area contributed by atoms with Crippen LogP contribution in [0, 0.1) is 29.1 Å². The van der Waals surface area contributed by atoms with Gasteiger partial charge in [0.25, 0.3) is 6.48 Å². The van der Waals surface area contributed by atoms with Gasteiger partial charge >= 0.3 is 0 Å². The molecular weight excluding hydrogens is 327 g/mol. The monoisotopic (exact) mass is 342 g/mol. The van der Waals surface area contributed by atoms with Crippen molar-refractivity contribution in [1.29, 1.82) is 0 Å². The molecule has 1 saturated carbocycles. The summed E-state index contributed by atoms with van der Waals surface area (Å²) in [5.74, 6) is -10.3. The molecule has 0 aliphatic heterocycles. The van der Waals surface area contributed by atoms with E-state index in [0.717, 1.165) is 0 Å². The zero-order valence-corrected chi connectivity index (χ0v) is 12.9. The Labute approximate surface area is 125 Å². The fourth-order valence-electron chi connectivity index (χ4n) is 2.82. The van der Waals surface area contributed by atoms with E-state index in [9.17, 15) is 22.0 Å². The highest BCUT2D eigenvalue weighted by atomic mass is 28.2. The lowest BCUT2D eigenvalue weighted by molar-refractivity contribution is -0.180. The number of halogens is 5. The topological polar surface area (TPSA) is 49.7 Å². The fraction of sp³-hybridized carbons (Fsp3) is 0.538. The largest absolute Gasteiger partial charge is 0.379 e. The first kappa shape index (κ1) is 17.3. The lowest BCUT2D eigenvalue weighted by Crippen LogP contribution is -2.22. The lowest BCUT2D eigenvalue weighted by atomic mass is 9.83. The summed E-state index contributed by atoms with van der Waals surface area (Å²) in [5.41, 5.74) is -0.668. The summed E-state index contributed by atoms with van der Waals surface area (Å²) >= 11 is 0. The van der Waals surface area contributed by atoms with Gasteiger partial charge in [-0.15, -0.1) is 0 Å². The van der Waals surface area contributed by atoms with Crippen LogP contribution in [0.25, 0.3) is 0 Å². The normalized spacial score (nSPS) is 22.9. The predicted molar refractivity (Wildman–Crippen MR) is 69.0 cm³/mol. The molecule has 1 aliphatic rings. The standard InChI is InChI=1S/C13H15F5O3Si/c14-8-7(9(15)11(17)12(18)10(8)16)5-1-3-6(4-2-5)22-21-13(19)20/h5-6,13,19-20H,1-4,22H2. The van der Waals surface area contributed by atoms with Gasteiger partial charge in [0.2, 0.25) is 5.82 Å². The van der Waals surface area contributed by atoms with Crippen LogP contribution >= 0.6 is 0 Å². The van der Waals surface area contributed by atoms with E-state index in [1.165, 1.54) is 0 Å². The second-order valence-corrected chi connectivity index (χ2v) is 7.18. The molecule has 0 bridgehead atoms. The lowest BCUT2D eigenvalue weighted by Gasteiger charge is -2.29. The second kappa shape index (κ2) is 7.03. The smallest absolute Gasteiger partial charge is 0.256 e. The Balaban J connectivity index is 2.12. The first-order chi connectivity index (χ1) is 10.3. The average Bonchev–Trinajstić information content (AvgIpc) is 2.50. The van der Waals surface area contributed by atoms with Crippen LogP contribution in [0.1, 0.15) is 37.2 Å². The molecule has 22 heavy (non-hydrogen) atoms. The maximum atomic E-state index is 13.7. The van der Waals surface area contributed by atoms with Crippen molar-refractivity contribution in [3.63, 3.8) is 0 Å². The van der Waals surface area contributed by atoms with Crippen molar-refractivity contribution in [2.24, 2.45) is 0 Å². The molecule has 0 heterocycles. The number of rotatable bonds is 4. The van der Waals surface area contributed by atoms with Crippen LogP contribution in [0.5, 0.6) is 0 Å². The van der Waals surface area contributed by atoms with Crippen molar-refractivity contribution in [3.05, 3.63) is 34.6 Å². The molecule has 0 saturated heterocycles. The van der Waals surface area contributed by atoms with Crippen molar-refractivity contribution >= 4 is 9.76 Å². The van der Waals surface area contributed by atoms with Crippen LogP contribution in [0.15, 0.2) is 0 Å². The summed E-state index contributed by atoms with van der Waals surface area (Å²) < 4.78 is 71.7. The summed E-state index contributed by atoms with van der Waals surface area (Å²) in [5, 5.41) is 17.2. The van der Waals surface area contributed by atoms with Gasteiger partial charge < -0.3 is 14.6 Å². The van der Waals surface area contributed by atoms with Crippen molar-refractivity contribution in [3.8, 4) is 0 Å². The summed E-state index contributed by atoms with van der Waals surface area (Å²) in [7, 11) is -1.22. The van der Waals surface area contributed by atoms with Gasteiger partial charge in [-0.05, 0) is 24.3 Å². The van der Waals surface area contributed by atoms with Crippen molar-refractivity contribution in [1.82, 2.24) is 0 Å². The highest BCUT2D eigenvalue weighted by Gasteiger charge is 2.33. The molecule has 9 heteroatoms. The summed E-state index contributed by atoms with van der Waals surface area (Å²) in [4.78, 5) is 0. The molecule has 0 amide bonds. The molecule has 1 aliphatic carbocycles. The zero-order valence-electron chi connectivity index (χ0n) is 11.5. The molecule has 0 spiro atoms. The van der Waals surface area contributed by atoms with Crippen LogP contribution in [-0.4, -0.2) is 26.5 Å². The highest BCUT2D eigenvalue weighted by molar-refractivity contribution is 6.29. The van der Waals surface area contributed by atoms with Gasteiger partial charge in [-0.25, -0.2) is 22.0 Å². The van der Waals surface area contributed by atoms with E-state index < -0.39 is 56.8 Å². The number of hydrogen-bond acceptors (Lipinski definition) is 3. The van der Waals surface area contributed by atoms with E-state index >= 15 is 0 Å². The molecule has 0 radical (unpaired) electrons. The predicted octanol–water partition coefficient (Wildman–Crippen LogP) is 2.20. The second-order valence-electron chi connectivity index (χ2n) is 5.36. The van der Waals surface area contributed by atoms with Gasteiger partial charge in [-0.3, -0.25) is 0 Å². The van der Waals surface area contributed by atoms with Crippen LogP contribution in [0.4, 0.5) is 22.0 Å². The third kappa shape index (κ3) is 3.48. The Morgan fingerprint density at radius 1 is 0.818 bits per heavy atom. The molecule has 1 aromatic rings. The molecule has 124 valence electrons. The SMILES string of the molecule is OC(O)O[SiH2]C1CCC(c2c(F)c(F)c(F)c(F)c2F)CC1. The Kier molecular flexibility index (Phi) is 5.53. The number of benzene rings is 1. The fourth-order valence-corrected chi connectivity index (χ4v) is 4.07. The average molecular weight is 342 g/mol. The van der Waals surface area contributed by atoms with Crippen LogP contribution < -0.4 is 0 Å². The van der Waals surface area contributed by atoms with Gasteiger partial charge in [-0.1, -0.05) is 12.8 Å². The molecule has 0 aromatic heterocycles. The number of aliphatic hydroxyl groups excluding tert-OH is 1. The molecule has 3 nitrogen and oxygen atoms in total. The van der Waals surface area contributed by atoms with Crippen LogP contribution in [-0.2, 0) is 4.43 Å². The molecule has 2 rings (SSSR count). The molecule has 0 atom stereocenters. The van der Waals surface area contributed by atoms with Crippen LogP contribution in [0.3, 0.4) is 0 Å². The van der Waals surface area contributed by atoms with Crippen molar-refractivity contribution < 1.29 is 36.6 Å². The van der Waals surface area contributed by atoms with Crippen LogP contribution in [0.2, 0.25) is 5.54 Å². The van der Waals surface area contributed by atoms with E-state index in [0.29, 0.717) is 12.8 Å². The third-order valence-corrected chi connectivity index (χ3v) is 5.76. The maximum Gasteiger partial charge on any atom is 0.256 e.